The van der Waals surface area contributed by atoms with Crippen LogP contribution in [0.4, 0.5) is 0 Å². The van der Waals surface area contributed by atoms with E-state index in [0.717, 1.165) is 82.8 Å². The number of hydrogen-bond acceptors (Lipinski definition) is 2. The van der Waals surface area contributed by atoms with Crippen molar-refractivity contribution in [3.8, 4) is 40.3 Å². The number of hydrogen-bond donors (Lipinski definition) is 0. The summed E-state index contributed by atoms with van der Waals surface area (Å²) in [5.41, 5.74) is 12.8. The average molecular weight is 700 g/mol. The maximum absolute atomic E-state index is 10.3. The van der Waals surface area contributed by atoms with Gasteiger partial charge in [-0.2, -0.15) is 10.5 Å². The van der Waals surface area contributed by atoms with Crippen LogP contribution in [0.2, 0.25) is 0 Å². The number of benzene rings is 8. The Morgan fingerprint density at radius 3 is 1.42 bits per heavy atom. The highest BCUT2D eigenvalue weighted by atomic mass is 15.1. The second-order valence-electron chi connectivity index (χ2n) is 14.0. The molecule has 0 radical (unpaired) electrons. The fourth-order valence-corrected chi connectivity index (χ4v) is 8.73. The molecule has 0 unspecified atom stereocenters. The van der Waals surface area contributed by atoms with E-state index in [2.05, 4.69) is 177 Å². The van der Waals surface area contributed by atoms with Crippen LogP contribution < -0.4 is 0 Å². The SMILES string of the molecule is N#Cc1ccc2c(c1)c1cccc(-n3c4ccccc4c4ccccc43)c1n2-c1ccc(-c2ccc(C#N)c(-n3c4ccccc4c4ccccc43)c2)cc1. The maximum atomic E-state index is 10.3. The lowest BCUT2D eigenvalue weighted by Crippen LogP contribution is -2.01. The summed E-state index contributed by atoms with van der Waals surface area (Å²) in [5, 5.41) is 27.0. The van der Waals surface area contributed by atoms with Gasteiger partial charge in [0.15, 0.2) is 0 Å². The Kier molecular flexibility index (Phi) is 6.61. The van der Waals surface area contributed by atoms with Crippen molar-refractivity contribution in [3.05, 3.63) is 187 Å². The molecule has 3 heterocycles. The van der Waals surface area contributed by atoms with Gasteiger partial charge in [-0.05, 0) is 83.9 Å². The number of para-hydroxylation sites is 5. The molecule has 0 fully saturated rings. The predicted octanol–water partition coefficient (Wildman–Crippen LogP) is 12.4. The predicted molar refractivity (Wildman–Crippen MR) is 224 cm³/mol. The van der Waals surface area contributed by atoms with E-state index in [1.54, 1.807) is 0 Å². The summed E-state index contributed by atoms with van der Waals surface area (Å²) in [6.45, 7) is 0. The van der Waals surface area contributed by atoms with Crippen LogP contribution >= 0.6 is 0 Å². The van der Waals surface area contributed by atoms with Crippen molar-refractivity contribution < 1.29 is 0 Å². The summed E-state index contributed by atoms with van der Waals surface area (Å²) in [6.07, 6.45) is 0. The van der Waals surface area contributed by atoms with Crippen molar-refractivity contribution >= 4 is 65.4 Å². The van der Waals surface area contributed by atoms with E-state index in [0.29, 0.717) is 11.1 Å². The summed E-state index contributed by atoms with van der Waals surface area (Å²) in [4.78, 5) is 0. The molecule has 0 saturated carbocycles. The third-order valence-corrected chi connectivity index (χ3v) is 11.1. The van der Waals surface area contributed by atoms with E-state index in [1.807, 2.05) is 24.3 Å². The zero-order chi connectivity index (χ0) is 36.6. The van der Waals surface area contributed by atoms with Crippen molar-refractivity contribution in [3.63, 3.8) is 0 Å². The molecule has 11 rings (SSSR count). The molecule has 0 amide bonds. The molecule has 55 heavy (non-hydrogen) atoms. The Hall–Kier alpha value is -7.86. The molecule has 0 N–H and O–H groups in total. The highest BCUT2D eigenvalue weighted by Gasteiger charge is 2.21. The summed E-state index contributed by atoms with van der Waals surface area (Å²) < 4.78 is 6.91. The standard InChI is InChI=1S/C50H29N5/c51-30-32-20-27-47-42(28-32)41-14-9-19-48(54-43-15-5-1-10-37(43)38-11-2-6-16-44(38)54)50(41)53(47)36-25-23-33(24-26-36)34-21-22-35(31-52)49(29-34)55-45-17-7-3-12-39(45)40-13-4-8-18-46(40)55/h1-29H. The molecule has 254 valence electrons. The monoisotopic (exact) mass is 699 g/mol. The van der Waals surface area contributed by atoms with Crippen LogP contribution in [0.3, 0.4) is 0 Å². The summed E-state index contributed by atoms with van der Waals surface area (Å²) >= 11 is 0. The van der Waals surface area contributed by atoms with Crippen LogP contribution in [-0.2, 0) is 0 Å². The van der Waals surface area contributed by atoms with Crippen molar-refractivity contribution in [2.45, 2.75) is 0 Å². The molecule has 0 atom stereocenters. The van der Waals surface area contributed by atoms with Gasteiger partial charge in [0.2, 0.25) is 0 Å². The van der Waals surface area contributed by atoms with Gasteiger partial charge in [-0.3, -0.25) is 0 Å². The van der Waals surface area contributed by atoms with Gasteiger partial charge >= 0.3 is 0 Å². The third kappa shape index (κ3) is 4.45. The zero-order valence-electron chi connectivity index (χ0n) is 29.5. The third-order valence-electron chi connectivity index (χ3n) is 11.1. The van der Waals surface area contributed by atoms with Gasteiger partial charge in [-0.15, -0.1) is 0 Å². The van der Waals surface area contributed by atoms with Crippen molar-refractivity contribution in [2.24, 2.45) is 0 Å². The van der Waals surface area contributed by atoms with Gasteiger partial charge in [0, 0.05) is 38.0 Å². The maximum Gasteiger partial charge on any atom is 0.101 e. The molecular formula is C50H29N5. The number of rotatable bonds is 4. The molecule has 0 saturated heterocycles. The molecule has 0 aliphatic heterocycles. The molecule has 0 aliphatic carbocycles. The first-order chi connectivity index (χ1) is 27.2. The van der Waals surface area contributed by atoms with Crippen LogP contribution in [0.1, 0.15) is 11.1 Å². The van der Waals surface area contributed by atoms with Crippen molar-refractivity contribution in [2.75, 3.05) is 0 Å². The molecule has 3 aromatic heterocycles. The first-order valence-corrected chi connectivity index (χ1v) is 18.3. The molecule has 5 nitrogen and oxygen atoms in total. The van der Waals surface area contributed by atoms with Crippen LogP contribution in [0.5, 0.6) is 0 Å². The number of aromatic nitrogens is 3. The Morgan fingerprint density at radius 1 is 0.345 bits per heavy atom. The van der Waals surface area contributed by atoms with Gasteiger partial charge < -0.3 is 13.7 Å². The second-order valence-corrected chi connectivity index (χ2v) is 14.0. The largest absolute Gasteiger partial charge is 0.308 e. The van der Waals surface area contributed by atoms with Gasteiger partial charge in [0.25, 0.3) is 0 Å². The normalized spacial score (nSPS) is 11.6. The van der Waals surface area contributed by atoms with Crippen LogP contribution in [0.25, 0.3) is 93.6 Å². The van der Waals surface area contributed by atoms with Gasteiger partial charge in [-0.1, -0.05) is 103 Å². The lowest BCUT2D eigenvalue weighted by atomic mass is 10.0. The first-order valence-electron chi connectivity index (χ1n) is 18.3. The minimum atomic E-state index is 0.617. The number of nitrogens with zero attached hydrogens (tertiary/aromatic N) is 5. The molecular weight excluding hydrogens is 671 g/mol. The molecule has 5 heteroatoms. The lowest BCUT2D eigenvalue weighted by molar-refractivity contribution is 1.13. The van der Waals surface area contributed by atoms with Gasteiger partial charge in [0.05, 0.1) is 61.7 Å². The van der Waals surface area contributed by atoms with Crippen molar-refractivity contribution in [1.82, 2.24) is 13.7 Å². The van der Waals surface area contributed by atoms with E-state index in [9.17, 15) is 10.5 Å². The summed E-state index contributed by atoms with van der Waals surface area (Å²) in [5.74, 6) is 0. The van der Waals surface area contributed by atoms with Gasteiger partial charge in [0.1, 0.15) is 6.07 Å². The highest BCUT2D eigenvalue weighted by Crippen LogP contribution is 2.41. The lowest BCUT2D eigenvalue weighted by Gasteiger charge is -2.15. The fourth-order valence-electron chi connectivity index (χ4n) is 8.73. The Morgan fingerprint density at radius 2 is 0.855 bits per heavy atom. The molecule has 0 aliphatic rings. The zero-order valence-corrected chi connectivity index (χ0v) is 29.5. The number of fused-ring (bicyclic) bond motifs is 9. The van der Waals surface area contributed by atoms with Crippen LogP contribution in [0, 0.1) is 22.7 Å². The van der Waals surface area contributed by atoms with E-state index in [4.69, 9.17) is 0 Å². The second kappa shape index (κ2) is 11.8. The fraction of sp³-hybridized carbons (Fsp3) is 0. The Bertz CT molecular complexity index is 3350. The summed E-state index contributed by atoms with van der Waals surface area (Å²) in [6, 6.07) is 66.0. The van der Waals surface area contributed by atoms with Crippen LogP contribution in [-0.4, -0.2) is 13.7 Å². The van der Waals surface area contributed by atoms with Crippen molar-refractivity contribution in [1.29, 1.82) is 10.5 Å². The van der Waals surface area contributed by atoms with Gasteiger partial charge in [-0.25, -0.2) is 0 Å². The minimum Gasteiger partial charge on any atom is -0.308 e. The van der Waals surface area contributed by atoms with E-state index in [-0.39, 0.29) is 0 Å². The Balaban J connectivity index is 1.12. The highest BCUT2D eigenvalue weighted by molar-refractivity contribution is 6.15. The molecule has 8 aromatic carbocycles. The first kappa shape index (κ1) is 30.7. The van der Waals surface area contributed by atoms with Crippen LogP contribution in [0.15, 0.2) is 176 Å². The van der Waals surface area contributed by atoms with E-state index >= 15 is 0 Å². The summed E-state index contributed by atoms with van der Waals surface area (Å²) in [7, 11) is 0. The Labute approximate surface area is 316 Å². The number of nitriles is 2. The molecule has 11 aromatic rings. The molecule has 0 spiro atoms. The minimum absolute atomic E-state index is 0.617. The van der Waals surface area contributed by atoms with E-state index in [1.165, 1.54) is 10.8 Å². The topological polar surface area (TPSA) is 62.4 Å². The van der Waals surface area contributed by atoms with E-state index < -0.39 is 0 Å². The molecule has 0 bridgehead atoms. The average Bonchev–Trinajstić information content (AvgIpc) is 3.89. The smallest absolute Gasteiger partial charge is 0.101 e. The quantitative estimate of drug-likeness (QED) is 0.184.